The largest absolute Gasteiger partial charge is 0.378 e. The van der Waals surface area contributed by atoms with Crippen molar-refractivity contribution < 1.29 is 4.74 Å². The van der Waals surface area contributed by atoms with Gasteiger partial charge in [0.05, 0.1) is 12.2 Å². The molecule has 2 aliphatic rings. The molecule has 1 atom stereocenters. The Morgan fingerprint density at radius 1 is 0.909 bits per heavy atom. The fourth-order valence-electron chi connectivity index (χ4n) is 4.40. The van der Waals surface area contributed by atoms with E-state index in [2.05, 4.69) is 26.8 Å². The van der Waals surface area contributed by atoms with E-state index in [1.807, 2.05) is 0 Å². The summed E-state index contributed by atoms with van der Waals surface area (Å²) in [5.74, 6) is 3.67. The number of ether oxygens (including phenoxy) is 1. The van der Waals surface area contributed by atoms with Gasteiger partial charge >= 0.3 is 0 Å². The molecule has 0 aromatic heterocycles. The van der Waals surface area contributed by atoms with Crippen LogP contribution in [0.5, 0.6) is 0 Å². The first-order valence-corrected chi connectivity index (χ1v) is 9.61. The lowest BCUT2D eigenvalue weighted by atomic mass is 9.76. The SMILES string of the molecule is CC(C)C1CCC(OCCC(C)C2CCC(C#N)CC2)CC1. The molecule has 2 aliphatic carbocycles. The van der Waals surface area contributed by atoms with Crippen LogP contribution in [0, 0.1) is 40.9 Å². The molecule has 0 heterocycles. The second-order valence-corrected chi connectivity index (χ2v) is 8.16. The Bertz CT molecular complexity index is 343. The molecule has 2 rings (SSSR count). The van der Waals surface area contributed by atoms with E-state index in [4.69, 9.17) is 10.00 Å². The van der Waals surface area contributed by atoms with E-state index in [-0.39, 0.29) is 0 Å². The third kappa shape index (κ3) is 5.27. The van der Waals surface area contributed by atoms with Crippen molar-refractivity contribution in [3.8, 4) is 6.07 Å². The Morgan fingerprint density at radius 2 is 1.50 bits per heavy atom. The monoisotopic (exact) mass is 305 g/mol. The van der Waals surface area contributed by atoms with Gasteiger partial charge in [0.25, 0.3) is 0 Å². The van der Waals surface area contributed by atoms with Crippen LogP contribution in [0.1, 0.15) is 78.6 Å². The molecule has 126 valence electrons. The maximum Gasteiger partial charge on any atom is 0.0655 e. The minimum Gasteiger partial charge on any atom is -0.378 e. The Kier molecular flexibility index (Phi) is 7.22. The Morgan fingerprint density at radius 3 is 2.05 bits per heavy atom. The summed E-state index contributed by atoms with van der Waals surface area (Å²) in [6.07, 6.45) is 11.7. The third-order valence-corrected chi connectivity index (χ3v) is 6.35. The molecule has 0 radical (unpaired) electrons. The average Bonchev–Trinajstić information content (AvgIpc) is 2.55. The van der Waals surface area contributed by atoms with Crippen molar-refractivity contribution >= 4 is 0 Å². The quantitative estimate of drug-likeness (QED) is 0.642. The maximum absolute atomic E-state index is 8.98. The van der Waals surface area contributed by atoms with Crippen LogP contribution in [0.2, 0.25) is 0 Å². The molecule has 0 aromatic carbocycles. The van der Waals surface area contributed by atoms with Gasteiger partial charge in [-0.1, -0.05) is 20.8 Å². The van der Waals surface area contributed by atoms with Gasteiger partial charge in [0.2, 0.25) is 0 Å². The first-order valence-electron chi connectivity index (χ1n) is 9.61. The van der Waals surface area contributed by atoms with Crippen LogP contribution >= 0.6 is 0 Å². The smallest absolute Gasteiger partial charge is 0.0655 e. The van der Waals surface area contributed by atoms with Crippen molar-refractivity contribution in [1.29, 1.82) is 5.26 Å². The summed E-state index contributed by atoms with van der Waals surface area (Å²) in [4.78, 5) is 0. The van der Waals surface area contributed by atoms with E-state index >= 15 is 0 Å². The highest BCUT2D eigenvalue weighted by atomic mass is 16.5. The number of rotatable bonds is 6. The highest BCUT2D eigenvalue weighted by Crippen LogP contribution is 2.35. The van der Waals surface area contributed by atoms with Gasteiger partial charge in [0.1, 0.15) is 0 Å². The molecule has 0 amide bonds. The molecule has 2 nitrogen and oxygen atoms in total. The van der Waals surface area contributed by atoms with Crippen LogP contribution in [-0.2, 0) is 4.74 Å². The predicted octanol–water partition coefficient (Wildman–Crippen LogP) is 5.57. The van der Waals surface area contributed by atoms with Gasteiger partial charge in [-0.15, -0.1) is 0 Å². The van der Waals surface area contributed by atoms with Crippen molar-refractivity contribution in [2.24, 2.45) is 29.6 Å². The highest BCUT2D eigenvalue weighted by Gasteiger charge is 2.26. The van der Waals surface area contributed by atoms with Crippen LogP contribution in [0.25, 0.3) is 0 Å². The van der Waals surface area contributed by atoms with E-state index in [9.17, 15) is 0 Å². The fourth-order valence-corrected chi connectivity index (χ4v) is 4.40. The van der Waals surface area contributed by atoms with Gasteiger partial charge in [0.15, 0.2) is 0 Å². The van der Waals surface area contributed by atoms with Crippen LogP contribution < -0.4 is 0 Å². The van der Waals surface area contributed by atoms with E-state index < -0.39 is 0 Å². The lowest BCUT2D eigenvalue weighted by molar-refractivity contribution is 0.00377. The summed E-state index contributed by atoms with van der Waals surface area (Å²) in [5, 5.41) is 8.98. The normalized spacial score (nSPS) is 34.3. The average molecular weight is 306 g/mol. The topological polar surface area (TPSA) is 33.0 Å². The van der Waals surface area contributed by atoms with Gasteiger partial charge < -0.3 is 4.74 Å². The number of nitrogens with zero attached hydrogens (tertiary/aromatic N) is 1. The Labute approximate surface area is 137 Å². The molecule has 0 spiro atoms. The second kappa shape index (κ2) is 8.92. The highest BCUT2D eigenvalue weighted by molar-refractivity contribution is 4.88. The Hall–Kier alpha value is -0.550. The van der Waals surface area contributed by atoms with Gasteiger partial charge in [0, 0.05) is 12.5 Å². The molecule has 1 unspecified atom stereocenters. The van der Waals surface area contributed by atoms with Crippen LogP contribution in [-0.4, -0.2) is 12.7 Å². The van der Waals surface area contributed by atoms with Crippen molar-refractivity contribution in [3.63, 3.8) is 0 Å². The summed E-state index contributed by atoms with van der Waals surface area (Å²) >= 11 is 0. The van der Waals surface area contributed by atoms with Crippen molar-refractivity contribution in [2.45, 2.75) is 84.7 Å². The van der Waals surface area contributed by atoms with E-state index in [0.717, 1.165) is 43.1 Å². The van der Waals surface area contributed by atoms with Crippen LogP contribution in [0.15, 0.2) is 0 Å². The second-order valence-electron chi connectivity index (χ2n) is 8.16. The first-order chi connectivity index (χ1) is 10.6. The minimum atomic E-state index is 0.329. The predicted molar refractivity (Wildman–Crippen MR) is 91.4 cm³/mol. The van der Waals surface area contributed by atoms with Gasteiger partial charge in [-0.25, -0.2) is 0 Å². The molecule has 22 heavy (non-hydrogen) atoms. The fraction of sp³-hybridized carbons (Fsp3) is 0.950. The standard InChI is InChI=1S/C20H35NO/c1-15(2)18-8-10-20(11-9-18)22-13-12-16(3)19-6-4-17(14-21)5-7-19/h15-20H,4-13H2,1-3H3. The lowest BCUT2D eigenvalue weighted by Gasteiger charge is -2.32. The van der Waals surface area contributed by atoms with Crippen molar-refractivity contribution in [3.05, 3.63) is 0 Å². The summed E-state index contributed by atoms with van der Waals surface area (Å²) in [6, 6.07) is 2.44. The van der Waals surface area contributed by atoms with Gasteiger partial charge in [-0.05, 0) is 81.5 Å². The zero-order chi connectivity index (χ0) is 15.9. The van der Waals surface area contributed by atoms with E-state index in [1.165, 1.54) is 44.9 Å². The molecule has 2 fully saturated rings. The minimum absolute atomic E-state index is 0.329. The third-order valence-electron chi connectivity index (χ3n) is 6.35. The van der Waals surface area contributed by atoms with Gasteiger partial charge in [-0.3, -0.25) is 0 Å². The van der Waals surface area contributed by atoms with Gasteiger partial charge in [-0.2, -0.15) is 5.26 Å². The molecule has 2 saturated carbocycles. The first kappa shape index (κ1) is 17.8. The summed E-state index contributed by atoms with van der Waals surface area (Å²) in [6.45, 7) is 8.04. The summed E-state index contributed by atoms with van der Waals surface area (Å²) in [7, 11) is 0. The zero-order valence-electron chi connectivity index (χ0n) is 14.9. The summed E-state index contributed by atoms with van der Waals surface area (Å²) in [5.41, 5.74) is 0. The van der Waals surface area contributed by atoms with Crippen LogP contribution in [0.3, 0.4) is 0 Å². The maximum atomic E-state index is 8.98. The number of hydrogen-bond acceptors (Lipinski definition) is 2. The molecule has 0 bridgehead atoms. The zero-order valence-corrected chi connectivity index (χ0v) is 14.9. The van der Waals surface area contributed by atoms with Crippen LogP contribution in [0.4, 0.5) is 0 Å². The number of hydrogen-bond donors (Lipinski definition) is 0. The van der Waals surface area contributed by atoms with E-state index in [1.54, 1.807) is 0 Å². The molecule has 0 aromatic rings. The summed E-state index contributed by atoms with van der Waals surface area (Å²) < 4.78 is 6.16. The molecule has 0 N–H and O–H groups in total. The van der Waals surface area contributed by atoms with E-state index in [0.29, 0.717) is 12.0 Å². The molecule has 2 heteroatoms. The lowest BCUT2D eigenvalue weighted by Crippen LogP contribution is -2.26. The van der Waals surface area contributed by atoms with Crippen molar-refractivity contribution in [1.82, 2.24) is 0 Å². The Balaban J connectivity index is 1.58. The molecule has 0 saturated heterocycles. The molecule has 0 aliphatic heterocycles. The molecular formula is C20H35NO. The van der Waals surface area contributed by atoms with Crippen molar-refractivity contribution in [2.75, 3.05) is 6.61 Å². The number of nitriles is 1. The molecular weight excluding hydrogens is 270 g/mol.